The van der Waals surface area contributed by atoms with Gasteiger partial charge in [0, 0.05) is 28.9 Å². The van der Waals surface area contributed by atoms with Gasteiger partial charge in [-0.2, -0.15) is 13.2 Å². The number of halogens is 5. The lowest BCUT2D eigenvalue weighted by atomic mass is 9.98. The molecule has 2 heterocycles. The number of amides is 1. The molecule has 0 aliphatic heterocycles. The summed E-state index contributed by atoms with van der Waals surface area (Å²) in [5.41, 5.74) is 2.04. The van der Waals surface area contributed by atoms with E-state index < -0.39 is 11.7 Å². The van der Waals surface area contributed by atoms with Gasteiger partial charge in [0.05, 0.1) is 11.3 Å². The second-order valence-corrected chi connectivity index (χ2v) is 8.27. The van der Waals surface area contributed by atoms with Crippen LogP contribution in [0.15, 0.2) is 60.8 Å². The molecule has 1 amide bonds. The monoisotopic (exact) mass is 491 g/mol. The molecule has 0 saturated carbocycles. The molecule has 9 heteroatoms. The first kappa shape index (κ1) is 23.1. The molecule has 4 nitrogen and oxygen atoms in total. The van der Waals surface area contributed by atoms with E-state index in [2.05, 4.69) is 10.3 Å². The molecule has 0 spiro atoms. The summed E-state index contributed by atoms with van der Waals surface area (Å²) in [7, 11) is 0. The zero-order chi connectivity index (χ0) is 23.8. The van der Waals surface area contributed by atoms with Crippen LogP contribution in [0.4, 0.5) is 13.2 Å². The number of nitrogens with one attached hydrogen (secondary N) is 1. The first-order valence-electron chi connectivity index (χ1n) is 10.1. The van der Waals surface area contributed by atoms with Crippen LogP contribution in [0.2, 0.25) is 10.0 Å². The molecule has 4 aromatic rings. The van der Waals surface area contributed by atoms with E-state index in [0.717, 1.165) is 11.6 Å². The Kier molecular flexibility index (Phi) is 6.36. The largest absolute Gasteiger partial charge is 0.417 e. The molecule has 0 fully saturated rings. The fourth-order valence-electron chi connectivity index (χ4n) is 3.63. The number of rotatable bonds is 5. The van der Waals surface area contributed by atoms with Crippen molar-refractivity contribution in [2.75, 3.05) is 0 Å². The first-order chi connectivity index (χ1) is 15.7. The van der Waals surface area contributed by atoms with Crippen LogP contribution in [-0.4, -0.2) is 15.3 Å². The number of hydrogen-bond acceptors (Lipinski definition) is 2. The van der Waals surface area contributed by atoms with Gasteiger partial charge in [-0.25, -0.2) is 4.98 Å². The SMILES string of the molecule is CCc1nc2cc(Cl)ccn2c1C(=O)NCc1ccc(-c2ccc(Cl)cc2C(F)(F)F)cc1. The third-order valence-electron chi connectivity index (χ3n) is 5.22. The average Bonchev–Trinajstić information content (AvgIpc) is 3.15. The molecule has 0 aliphatic carbocycles. The second-order valence-electron chi connectivity index (χ2n) is 7.40. The zero-order valence-electron chi connectivity index (χ0n) is 17.4. The van der Waals surface area contributed by atoms with E-state index >= 15 is 0 Å². The number of hydrogen-bond donors (Lipinski definition) is 1. The third kappa shape index (κ3) is 4.84. The van der Waals surface area contributed by atoms with Crippen molar-refractivity contribution >= 4 is 34.8 Å². The highest BCUT2D eigenvalue weighted by atomic mass is 35.5. The van der Waals surface area contributed by atoms with E-state index in [9.17, 15) is 18.0 Å². The Bertz CT molecular complexity index is 1330. The normalized spacial score (nSPS) is 11.7. The molecule has 0 aliphatic rings. The van der Waals surface area contributed by atoms with Gasteiger partial charge in [-0.1, -0.05) is 60.5 Å². The molecule has 1 N–H and O–H groups in total. The highest BCUT2D eigenvalue weighted by Gasteiger charge is 2.33. The van der Waals surface area contributed by atoms with Gasteiger partial charge in [0.25, 0.3) is 5.91 Å². The van der Waals surface area contributed by atoms with Crippen LogP contribution >= 0.6 is 23.2 Å². The number of fused-ring (bicyclic) bond motifs is 1. The van der Waals surface area contributed by atoms with Gasteiger partial charge in [0.2, 0.25) is 0 Å². The van der Waals surface area contributed by atoms with Crippen LogP contribution in [0.1, 0.15) is 34.2 Å². The van der Waals surface area contributed by atoms with Crippen LogP contribution in [0.5, 0.6) is 0 Å². The third-order valence-corrected chi connectivity index (χ3v) is 5.69. The molecule has 2 aromatic carbocycles. The summed E-state index contributed by atoms with van der Waals surface area (Å²) >= 11 is 11.8. The minimum atomic E-state index is -4.53. The predicted octanol–water partition coefficient (Wildman–Crippen LogP) is 6.82. The summed E-state index contributed by atoms with van der Waals surface area (Å²) in [6.45, 7) is 2.11. The zero-order valence-corrected chi connectivity index (χ0v) is 18.9. The quantitative estimate of drug-likeness (QED) is 0.333. The molecular formula is C24H18Cl2F3N3O. The van der Waals surface area contributed by atoms with Crippen molar-refractivity contribution in [2.45, 2.75) is 26.1 Å². The topological polar surface area (TPSA) is 46.4 Å². The van der Waals surface area contributed by atoms with Crippen LogP contribution in [-0.2, 0) is 19.1 Å². The highest BCUT2D eigenvalue weighted by Crippen LogP contribution is 2.38. The van der Waals surface area contributed by atoms with E-state index in [1.807, 2.05) is 6.92 Å². The number of pyridine rings is 1. The molecule has 2 aromatic heterocycles. The number of benzene rings is 2. The van der Waals surface area contributed by atoms with Gasteiger partial charge in [0.15, 0.2) is 0 Å². The standard InChI is InChI=1S/C24H18Cl2F3N3O/c1-2-20-22(32-10-9-17(26)12-21(32)31-20)23(33)30-13-14-3-5-15(6-4-14)18-8-7-16(25)11-19(18)24(27,28)29/h3-12H,2,13H2,1H3,(H,30,33). The number of carbonyl (C=O) groups excluding carboxylic acids is 1. The van der Waals surface area contributed by atoms with Gasteiger partial charge < -0.3 is 5.32 Å². The number of imidazole rings is 1. The molecule has 0 unspecified atom stereocenters. The van der Waals surface area contributed by atoms with Gasteiger partial charge in [0.1, 0.15) is 11.3 Å². The lowest BCUT2D eigenvalue weighted by molar-refractivity contribution is -0.137. The summed E-state index contributed by atoms with van der Waals surface area (Å²) in [5.74, 6) is -0.303. The Morgan fingerprint density at radius 2 is 1.73 bits per heavy atom. The van der Waals surface area contributed by atoms with E-state index in [1.165, 1.54) is 12.1 Å². The fourth-order valence-corrected chi connectivity index (χ4v) is 3.95. The molecule has 0 bridgehead atoms. The number of carbonyl (C=O) groups is 1. The van der Waals surface area contributed by atoms with Crippen molar-refractivity contribution in [3.63, 3.8) is 0 Å². The molecule has 33 heavy (non-hydrogen) atoms. The maximum atomic E-state index is 13.4. The maximum absolute atomic E-state index is 13.4. The highest BCUT2D eigenvalue weighted by molar-refractivity contribution is 6.31. The van der Waals surface area contributed by atoms with Crippen molar-refractivity contribution in [2.24, 2.45) is 0 Å². The van der Waals surface area contributed by atoms with E-state index in [4.69, 9.17) is 23.2 Å². The lowest BCUT2D eigenvalue weighted by Gasteiger charge is -2.14. The van der Waals surface area contributed by atoms with Crippen LogP contribution in [0.25, 0.3) is 16.8 Å². The Labute approximate surface area is 198 Å². The summed E-state index contributed by atoms with van der Waals surface area (Å²) in [6, 6.07) is 13.6. The number of alkyl halides is 3. The van der Waals surface area contributed by atoms with E-state index in [-0.39, 0.29) is 23.0 Å². The molecular weight excluding hydrogens is 474 g/mol. The molecule has 4 rings (SSSR count). The number of aryl methyl sites for hydroxylation is 1. The van der Waals surface area contributed by atoms with Crippen molar-refractivity contribution in [1.82, 2.24) is 14.7 Å². The van der Waals surface area contributed by atoms with Crippen LogP contribution < -0.4 is 5.32 Å². The summed E-state index contributed by atoms with van der Waals surface area (Å²) < 4.78 is 41.9. The van der Waals surface area contributed by atoms with Crippen molar-refractivity contribution in [3.05, 3.63) is 93.4 Å². The van der Waals surface area contributed by atoms with E-state index in [0.29, 0.717) is 34.0 Å². The molecule has 0 saturated heterocycles. The summed E-state index contributed by atoms with van der Waals surface area (Å²) in [4.78, 5) is 17.4. The summed E-state index contributed by atoms with van der Waals surface area (Å²) in [5, 5.41) is 3.40. The Balaban J connectivity index is 1.54. The molecule has 170 valence electrons. The van der Waals surface area contributed by atoms with E-state index in [1.54, 1.807) is 47.0 Å². The minimum Gasteiger partial charge on any atom is -0.347 e. The first-order valence-corrected chi connectivity index (χ1v) is 10.8. The number of aromatic nitrogens is 2. The van der Waals surface area contributed by atoms with Gasteiger partial charge in [-0.3, -0.25) is 9.20 Å². The Morgan fingerprint density at radius 3 is 2.39 bits per heavy atom. The smallest absolute Gasteiger partial charge is 0.347 e. The number of nitrogens with zero attached hydrogens (tertiary/aromatic N) is 2. The van der Waals surface area contributed by atoms with Crippen molar-refractivity contribution in [3.8, 4) is 11.1 Å². The van der Waals surface area contributed by atoms with Crippen LogP contribution in [0, 0.1) is 0 Å². The van der Waals surface area contributed by atoms with Gasteiger partial charge in [-0.05, 0) is 41.3 Å². The fraction of sp³-hybridized carbons (Fsp3) is 0.167. The lowest BCUT2D eigenvalue weighted by Crippen LogP contribution is -2.25. The van der Waals surface area contributed by atoms with Crippen LogP contribution in [0.3, 0.4) is 0 Å². The van der Waals surface area contributed by atoms with Gasteiger partial charge in [-0.15, -0.1) is 0 Å². The average molecular weight is 492 g/mol. The maximum Gasteiger partial charge on any atom is 0.417 e. The minimum absolute atomic E-state index is 0.0199. The predicted molar refractivity (Wildman–Crippen MR) is 123 cm³/mol. The molecule has 0 atom stereocenters. The van der Waals surface area contributed by atoms with Crippen molar-refractivity contribution in [1.29, 1.82) is 0 Å². The summed E-state index contributed by atoms with van der Waals surface area (Å²) in [6.07, 6.45) is -2.26. The molecule has 0 radical (unpaired) electrons. The second kappa shape index (κ2) is 9.08. The Morgan fingerprint density at radius 1 is 1.03 bits per heavy atom. The van der Waals surface area contributed by atoms with Gasteiger partial charge >= 0.3 is 6.18 Å². The Hall–Kier alpha value is -3.03. The van der Waals surface area contributed by atoms with Crippen molar-refractivity contribution < 1.29 is 18.0 Å².